The molecule has 0 aromatic carbocycles. The summed E-state index contributed by atoms with van der Waals surface area (Å²) < 4.78 is 0. The number of hydrogen-bond acceptors (Lipinski definition) is 2. The largest absolute Gasteiger partial charge is 0.390 e. The molecule has 1 aliphatic rings. The number of pyridine rings is 1. The molecular formula is C16H24ClNO. The molecule has 2 rings (SSSR count). The van der Waals surface area contributed by atoms with E-state index in [4.69, 9.17) is 11.6 Å². The highest BCUT2D eigenvalue weighted by atomic mass is 35.5. The van der Waals surface area contributed by atoms with E-state index in [1.165, 1.54) is 12.8 Å². The van der Waals surface area contributed by atoms with Crippen LogP contribution in [-0.2, 0) is 6.42 Å². The molecule has 1 heterocycles. The van der Waals surface area contributed by atoms with Crippen molar-refractivity contribution in [2.75, 3.05) is 0 Å². The van der Waals surface area contributed by atoms with Crippen LogP contribution in [0.5, 0.6) is 0 Å². The third-order valence-corrected chi connectivity index (χ3v) is 4.44. The molecule has 2 nitrogen and oxygen atoms in total. The minimum Gasteiger partial charge on any atom is -0.390 e. The molecule has 0 bridgehead atoms. The molecule has 0 aliphatic heterocycles. The molecule has 1 aromatic rings. The smallest absolute Gasteiger partial charge is 0.0691 e. The summed E-state index contributed by atoms with van der Waals surface area (Å²) in [5.41, 5.74) is 0.437. The van der Waals surface area contributed by atoms with E-state index in [1.54, 1.807) is 12.4 Å². The van der Waals surface area contributed by atoms with Gasteiger partial charge in [-0.1, -0.05) is 38.3 Å². The minimum absolute atomic E-state index is 0.581. The second-order valence-electron chi connectivity index (χ2n) is 6.46. The fourth-order valence-corrected chi connectivity index (χ4v) is 3.58. The summed E-state index contributed by atoms with van der Waals surface area (Å²) in [6, 6.07) is 1.92. The highest BCUT2D eigenvalue weighted by Crippen LogP contribution is 2.38. The van der Waals surface area contributed by atoms with Crippen molar-refractivity contribution in [1.82, 2.24) is 4.98 Å². The first-order valence-electron chi connectivity index (χ1n) is 7.29. The van der Waals surface area contributed by atoms with Crippen molar-refractivity contribution in [3.63, 3.8) is 0 Å². The van der Waals surface area contributed by atoms with Crippen LogP contribution in [0.15, 0.2) is 18.5 Å². The van der Waals surface area contributed by atoms with E-state index in [1.807, 2.05) is 6.07 Å². The normalized spacial score (nSPS) is 27.7. The lowest BCUT2D eigenvalue weighted by atomic mass is 9.73. The van der Waals surface area contributed by atoms with Gasteiger partial charge >= 0.3 is 0 Å². The molecule has 3 heteroatoms. The fourth-order valence-electron chi connectivity index (χ4n) is 3.39. The van der Waals surface area contributed by atoms with Gasteiger partial charge in [-0.15, -0.1) is 0 Å². The van der Waals surface area contributed by atoms with E-state index in [0.29, 0.717) is 23.3 Å². The summed E-state index contributed by atoms with van der Waals surface area (Å²) in [6.45, 7) is 4.51. The Balaban J connectivity index is 2.03. The Morgan fingerprint density at radius 3 is 3.00 bits per heavy atom. The Labute approximate surface area is 121 Å². The molecule has 0 amide bonds. The summed E-state index contributed by atoms with van der Waals surface area (Å²) in [4.78, 5) is 4.00. The lowest BCUT2D eigenvalue weighted by molar-refractivity contribution is -0.0189. The Morgan fingerprint density at radius 2 is 2.32 bits per heavy atom. The maximum atomic E-state index is 10.9. The molecule has 0 saturated heterocycles. The number of nitrogens with zero attached hydrogens (tertiary/aromatic N) is 1. The second kappa shape index (κ2) is 6.23. The zero-order valence-electron chi connectivity index (χ0n) is 11.9. The van der Waals surface area contributed by atoms with Crippen molar-refractivity contribution in [1.29, 1.82) is 0 Å². The summed E-state index contributed by atoms with van der Waals surface area (Å²) in [5, 5.41) is 11.5. The highest BCUT2D eigenvalue weighted by molar-refractivity contribution is 6.31. The third kappa shape index (κ3) is 4.19. The maximum absolute atomic E-state index is 10.9. The molecule has 106 valence electrons. The summed E-state index contributed by atoms with van der Waals surface area (Å²) >= 11 is 6.15. The molecule has 1 saturated carbocycles. The first kappa shape index (κ1) is 14.8. The van der Waals surface area contributed by atoms with Crippen LogP contribution < -0.4 is 0 Å². The zero-order valence-corrected chi connectivity index (χ0v) is 12.7. The van der Waals surface area contributed by atoms with E-state index in [9.17, 15) is 5.11 Å². The Bertz CT molecular complexity index is 421. The van der Waals surface area contributed by atoms with Crippen molar-refractivity contribution in [2.45, 2.75) is 58.0 Å². The maximum Gasteiger partial charge on any atom is 0.0691 e. The molecule has 1 aromatic heterocycles. The minimum atomic E-state index is -0.581. The monoisotopic (exact) mass is 281 g/mol. The van der Waals surface area contributed by atoms with Gasteiger partial charge in [-0.2, -0.15) is 0 Å². The summed E-state index contributed by atoms with van der Waals surface area (Å²) in [7, 11) is 0. The number of halogens is 1. The van der Waals surface area contributed by atoms with Crippen LogP contribution in [0.3, 0.4) is 0 Å². The highest BCUT2D eigenvalue weighted by Gasteiger charge is 2.34. The predicted molar refractivity (Wildman–Crippen MR) is 79.3 cm³/mol. The van der Waals surface area contributed by atoms with E-state index >= 15 is 0 Å². The van der Waals surface area contributed by atoms with Crippen LogP contribution in [0.25, 0.3) is 0 Å². The molecule has 19 heavy (non-hydrogen) atoms. The van der Waals surface area contributed by atoms with Crippen molar-refractivity contribution < 1.29 is 5.11 Å². The molecule has 2 unspecified atom stereocenters. The third-order valence-electron chi connectivity index (χ3n) is 4.10. The molecular weight excluding hydrogens is 258 g/mol. The molecule has 1 aliphatic carbocycles. The Morgan fingerprint density at radius 1 is 1.53 bits per heavy atom. The number of aliphatic hydroxyl groups is 1. The fraction of sp³-hybridized carbons (Fsp3) is 0.688. The van der Waals surface area contributed by atoms with Gasteiger partial charge in [0.25, 0.3) is 0 Å². The number of rotatable bonds is 4. The van der Waals surface area contributed by atoms with E-state index < -0.39 is 5.60 Å². The molecule has 1 fully saturated rings. The van der Waals surface area contributed by atoms with Crippen LogP contribution in [-0.4, -0.2) is 15.7 Å². The average molecular weight is 282 g/mol. The first-order chi connectivity index (χ1) is 8.98. The lowest BCUT2D eigenvalue weighted by Crippen LogP contribution is -2.37. The SMILES string of the molecule is CC(C)CC1CCCC(O)(Cc2ccncc2Cl)C1. The molecule has 0 spiro atoms. The van der Waals surface area contributed by atoms with Gasteiger partial charge in [-0.3, -0.25) is 4.98 Å². The Hall–Kier alpha value is -0.600. The topological polar surface area (TPSA) is 33.1 Å². The lowest BCUT2D eigenvalue weighted by Gasteiger charge is -2.38. The average Bonchev–Trinajstić information content (AvgIpc) is 2.31. The summed E-state index contributed by atoms with van der Waals surface area (Å²) in [6.07, 6.45) is 9.45. The van der Waals surface area contributed by atoms with Gasteiger partial charge in [0.2, 0.25) is 0 Å². The van der Waals surface area contributed by atoms with Crippen LogP contribution in [0.2, 0.25) is 5.02 Å². The first-order valence-corrected chi connectivity index (χ1v) is 7.67. The number of aromatic nitrogens is 1. The van der Waals surface area contributed by atoms with Gasteiger partial charge in [0.15, 0.2) is 0 Å². The predicted octanol–water partition coefficient (Wildman–Crippen LogP) is 4.24. The van der Waals surface area contributed by atoms with Gasteiger partial charge in [0, 0.05) is 18.8 Å². The van der Waals surface area contributed by atoms with Crippen molar-refractivity contribution in [3.8, 4) is 0 Å². The van der Waals surface area contributed by atoms with Gasteiger partial charge in [0.05, 0.1) is 10.6 Å². The van der Waals surface area contributed by atoms with Crippen molar-refractivity contribution >= 4 is 11.6 Å². The number of hydrogen-bond donors (Lipinski definition) is 1. The molecule has 2 atom stereocenters. The van der Waals surface area contributed by atoms with Crippen LogP contribution in [0.1, 0.15) is 51.5 Å². The van der Waals surface area contributed by atoms with Gasteiger partial charge in [-0.25, -0.2) is 0 Å². The van der Waals surface area contributed by atoms with Crippen LogP contribution in [0.4, 0.5) is 0 Å². The van der Waals surface area contributed by atoms with Gasteiger partial charge in [-0.05, 0) is 42.7 Å². The standard InChI is InChI=1S/C16H24ClNO/c1-12(2)8-13-4-3-6-16(19,9-13)10-14-5-7-18-11-15(14)17/h5,7,11-13,19H,3-4,6,8-10H2,1-2H3. The summed E-state index contributed by atoms with van der Waals surface area (Å²) in [5.74, 6) is 1.36. The van der Waals surface area contributed by atoms with Gasteiger partial charge < -0.3 is 5.11 Å². The van der Waals surface area contributed by atoms with Gasteiger partial charge in [0.1, 0.15) is 0 Å². The van der Waals surface area contributed by atoms with Crippen LogP contribution >= 0.6 is 11.6 Å². The van der Waals surface area contributed by atoms with Crippen LogP contribution in [0, 0.1) is 11.8 Å². The Kier molecular flexibility index (Phi) is 4.86. The second-order valence-corrected chi connectivity index (χ2v) is 6.87. The van der Waals surface area contributed by atoms with E-state index in [0.717, 1.165) is 24.8 Å². The molecule has 1 N–H and O–H groups in total. The van der Waals surface area contributed by atoms with Crippen molar-refractivity contribution in [2.24, 2.45) is 11.8 Å². The quantitative estimate of drug-likeness (QED) is 0.895. The zero-order chi connectivity index (χ0) is 13.9. The van der Waals surface area contributed by atoms with E-state index in [2.05, 4.69) is 18.8 Å². The van der Waals surface area contributed by atoms with E-state index in [-0.39, 0.29) is 0 Å². The molecule has 0 radical (unpaired) electrons. The van der Waals surface area contributed by atoms with Crippen molar-refractivity contribution in [3.05, 3.63) is 29.0 Å².